The minimum Gasteiger partial charge on any atom is -0.451 e. The molecule has 0 saturated heterocycles. The number of hydrogen-bond donors (Lipinski definition) is 3. The molecule has 5 nitrogen and oxygen atoms in total. The van der Waals surface area contributed by atoms with Crippen molar-refractivity contribution in [3.63, 3.8) is 0 Å². The van der Waals surface area contributed by atoms with Crippen LogP contribution in [0.25, 0.3) is 11.3 Å². The van der Waals surface area contributed by atoms with Gasteiger partial charge < -0.3 is 9.73 Å². The third kappa shape index (κ3) is 5.01. The van der Waals surface area contributed by atoms with E-state index in [0.717, 1.165) is 11.3 Å². The number of halogens is 2. The molecule has 0 aliphatic heterocycles. The Kier molecular flexibility index (Phi) is 6.01. The summed E-state index contributed by atoms with van der Waals surface area (Å²) in [6, 6.07) is 15.9. The molecule has 1 aromatic heterocycles. The van der Waals surface area contributed by atoms with E-state index in [4.69, 9.17) is 39.8 Å². The van der Waals surface area contributed by atoms with Crippen molar-refractivity contribution >= 4 is 52.1 Å². The largest absolute Gasteiger partial charge is 0.451 e. The minimum atomic E-state index is -0.472. The van der Waals surface area contributed by atoms with Gasteiger partial charge in [0.05, 0.1) is 5.02 Å². The van der Waals surface area contributed by atoms with Gasteiger partial charge in [-0.2, -0.15) is 0 Å². The van der Waals surface area contributed by atoms with Crippen molar-refractivity contribution in [1.29, 1.82) is 0 Å². The Hall–Kier alpha value is -2.54. The van der Waals surface area contributed by atoms with Gasteiger partial charge in [0.15, 0.2) is 10.9 Å². The van der Waals surface area contributed by atoms with Crippen molar-refractivity contribution in [2.24, 2.45) is 0 Å². The average Bonchev–Trinajstić information content (AvgIpc) is 3.09. The maximum atomic E-state index is 12.2. The quantitative estimate of drug-likeness (QED) is 0.402. The van der Waals surface area contributed by atoms with Crippen LogP contribution in [-0.4, -0.2) is 11.0 Å². The van der Waals surface area contributed by atoms with Crippen molar-refractivity contribution in [2.75, 3.05) is 5.32 Å². The van der Waals surface area contributed by atoms with Crippen LogP contribution in [0.15, 0.2) is 59.0 Å². The Labute approximate surface area is 171 Å². The summed E-state index contributed by atoms with van der Waals surface area (Å²) in [6.45, 7) is 1.98. The van der Waals surface area contributed by atoms with Gasteiger partial charge in [0.25, 0.3) is 0 Å². The van der Waals surface area contributed by atoms with Crippen LogP contribution in [0.3, 0.4) is 0 Å². The second kappa shape index (κ2) is 8.43. The lowest BCUT2D eigenvalue weighted by Gasteiger charge is -2.11. The van der Waals surface area contributed by atoms with Gasteiger partial charge >= 0.3 is 5.91 Å². The Morgan fingerprint density at radius 1 is 1.04 bits per heavy atom. The van der Waals surface area contributed by atoms with E-state index >= 15 is 0 Å². The molecule has 138 valence electrons. The third-order valence-electron chi connectivity index (χ3n) is 3.59. The number of hydrogen-bond acceptors (Lipinski definition) is 3. The first kappa shape index (κ1) is 19.2. The number of carbonyl (C=O) groups excluding carboxylic acids is 1. The summed E-state index contributed by atoms with van der Waals surface area (Å²) in [5, 5.41) is 4.19. The van der Waals surface area contributed by atoms with Crippen molar-refractivity contribution < 1.29 is 9.21 Å². The third-order valence-corrected chi connectivity index (χ3v) is 4.34. The molecule has 0 unspecified atom stereocenters. The predicted octanol–water partition coefficient (Wildman–Crippen LogP) is 5.19. The second-order valence-electron chi connectivity index (χ2n) is 5.69. The van der Waals surface area contributed by atoms with Gasteiger partial charge in [-0.3, -0.25) is 15.6 Å². The van der Waals surface area contributed by atoms with Crippen molar-refractivity contribution in [1.82, 2.24) is 10.9 Å². The summed E-state index contributed by atoms with van der Waals surface area (Å²) in [7, 11) is 0. The number of carbonyl (C=O) groups is 1. The van der Waals surface area contributed by atoms with Gasteiger partial charge in [0.1, 0.15) is 5.76 Å². The Balaban J connectivity index is 1.60. The maximum absolute atomic E-state index is 12.2. The average molecular weight is 420 g/mol. The van der Waals surface area contributed by atoms with Gasteiger partial charge in [-0.25, -0.2) is 0 Å². The van der Waals surface area contributed by atoms with Crippen molar-refractivity contribution in [3.8, 4) is 11.3 Å². The van der Waals surface area contributed by atoms with E-state index in [1.165, 1.54) is 0 Å². The Morgan fingerprint density at radius 2 is 1.85 bits per heavy atom. The topological polar surface area (TPSA) is 66.3 Å². The summed E-state index contributed by atoms with van der Waals surface area (Å²) < 4.78 is 5.58. The zero-order chi connectivity index (χ0) is 19.4. The van der Waals surface area contributed by atoms with E-state index in [0.29, 0.717) is 21.4 Å². The van der Waals surface area contributed by atoms with Gasteiger partial charge in [-0.15, -0.1) is 0 Å². The molecule has 0 saturated carbocycles. The minimum absolute atomic E-state index is 0.113. The first-order valence-corrected chi connectivity index (χ1v) is 9.08. The number of aryl methyl sites for hydroxylation is 1. The maximum Gasteiger partial charge on any atom is 0.305 e. The smallest absolute Gasteiger partial charge is 0.305 e. The molecule has 0 spiro atoms. The van der Waals surface area contributed by atoms with Crippen LogP contribution in [0.5, 0.6) is 0 Å². The monoisotopic (exact) mass is 419 g/mol. The number of thiocarbonyl (C=S) groups is 1. The highest BCUT2D eigenvalue weighted by Crippen LogP contribution is 2.31. The SMILES string of the molecule is Cc1cccc(NC(=S)NNC(=O)c2ccc(-c3ccc(Cl)cc3Cl)o2)c1. The Bertz CT molecular complexity index is 1000. The molecule has 27 heavy (non-hydrogen) atoms. The summed E-state index contributed by atoms with van der Waals surface area (Å²) in [4.78, 5) is 12.2. The van der Waals surface area contributed by atoms with Crippen LogP contribution >= 0.6 is 35.4 Å². The molecular weight excluding hydrogens is 405 g/mol. The summed E-state index contributed by atoms with van der Waals surface area (Å²) in [5.74, 6) is 0.101. The van der Waals surface area contributed by atoms with E-state index in [1.807, 2.05) is 31.2 Å². The number of rotatable bonds is 3. The molecule has 0 bridgehead atoms. The van der Waals surface area contributed by atoms with Crippen molar-refractivity contribution in [3.05, 3.63) is 76.0 Å². The zero-order valence-corrected chi connectivity index (χ0v) is 16.5. The first-order chi connectivity index (χ1) is 12.9. The van der Waals surface area contributed by atoms with E-state index < -0.39 is 5.91 Å². The van der Waals surface area contributed by atoms with Gasteiger partial charge in [0.2, 0.25) is 0 Å². The number of nitrogens with one attached hydrogen (secondary N) is 3. The van der Waals surface area contributed by atoms with Crippen LogP contribution in [0.4, 0.5) is 5.69 Å². The summed E-state index contributed by atoms with van der Waals surface area (Å²) in [6.07, 6.45) is 0. The second-order valence-corrected chi connectivity index (χ2v) is 6.94. The highest BCUT2D eigenvalue weighted by atomic mass is 35.5. The van der Waals surface area contributed by atoms with E-state index in [9.17, 15) is 4.79 Å². The van der Waals surface area contributed by atoms with Gasteiger partial charge in [-0.1, -0.05) is 35.3 Å². The molecule has 0 atom stereocenters. The van der Waals surface area contributed by atoms with Crippen LogP contribution in [-0.2, 0) is 0 Å². The number of amides is 1. The lowest BCUT2D eigenvalue weighted by atomic mass is 10.2. The van der Waals surface area contributed by atoms with E-state index in [-0.39, 0.29) is 10.9 Å². The predicted molar refractivity (Wildman–Crippen MR) is 112 cm³/mol. The fourth-order valence-electron chi connectivity index (χ4n) is 2.35. The van der Waals surface area contributed by atoms with E-state index in [1.54, 1.807) is 30.3 Å². The highest BCUT2D eigenvalue weighted by molar-refractivity contribution is 7.80. The number of anilines is 1. The molecule has 8 heteroatoms. The van der Waals surface area contributed by atoms with Crippen LogP contribution in [0.1, 0.15) is 16.1 Å². The fourth-order valence-corrected chi connectivity index (χ4v) is 3.02. The van der Waals surface area contributed by atoms with Crippen LogP contribution < -0.4 is 16.2 Å². The molecule has 0 radical (unpaired) electrons. The zero-order valence-electron chi connectivity index (χ0n) is 14.2. The molecule has 1 heterocycles. The summed E-state index contributed by atoms with van der Waals surface area (Å²) >= 11 is 17.2. The fraction of sp³-hybridized carbons (Fsp3) is 0.0526. The van der Waals surface area contributed by atoms with Gasteiger partial charge in [0, 0.05) is 16.3 Å². The molecule has 3 aromatic rings. The number of hydrazine groups is 1. The molecule has 0 fully saturated rings. The molecule has 1 amide bonds. The standard InChI is InChI=1S/C19H15Cl2N3O2S/c1-11-3-2-4-13(9-11)22-19(27)24-23-18(25)17-8-7-16(26-17)14-6-5-12(20)10-15(14)21/h2-10H,1H3,(H,23,25)(H2,22,24,27). The first-order valence-electron chi connectivity index (χ1n) is 7.91. The summed E-state index contributed by atoms with van der Waals surface area (Å²) in [5.41, 5.74) is 7.67. The van der Waals surface area contributed by atoms with Crippen LogP contribution in [0, 0.1) is 6.92 Å². The molecule has 3 N–H and O–H groups in total. The van der Waals surface area contributed by atoms with E-state index in [2.05, 4.69) is 16.2 Å². The normalized spacial score (nSPS) is 10.3. The number of benzene rings is 2. The lowest BCUT2D eigenvalue weighted by molar-refractivity contribution is 0.0917. The lowest BCUT2D eigenvalue weighted by Crippen LogP contribution is -2.43. The van der Waals surface area contributed by atoms with Crippen molar-refractivity contribution in [2.45, 2.75) is 6.92 Å². The Morgan fingerprint density at radius 3 is 2.59 bits per heavy atom. The van der Waals surface area contributed by atoms with Crippen LogP contribution in [0.2, 0.25) is 10.0 Å². The van der Waals surface area contributed by atoms with Gasteiger partial charge in [-0.05, 0) is 67.2 Å². The molecular formula is C19H15Cl2N3O2S. The molecule has 0 aliphatic carbocycles. The molecule has 3 rings (SSSR count). The molecule has 2 aromatic carbocycles. The number of furan rings is 1. The highest BCUT2D eigenvalue weighted by Gasteiger charge is 2.14. The molecule has 0 aliphatic rings.